The van der Waals surface area contributed by atoms with E-state index in [1.807, 2.05) is 12.1 Å². The fraction of sp³-hybridized carbons (Fsp3) is 0.696. The highest BCUT2D eigenvalue weighted by atomic mass is 35.5. The van der Waals surface area contributed by atoms with E-state index in [0.29, 0.717) is 17.5 Å². The number of rotatable bonds is 10. The monoisotopic (exact) mass is 486 g/mol. The SMILES string of the molecule is CC(C)S(=O)(=O)N[C@H]1CCCN[C@H]1CO[C@H]1CC[C@@H](c2cc(Cl)ccc2OCC=O)CC1. The normalized spacial score (nSPS) is 26.8. The van der Waals surface area contributed by atoms with Crippen LogP contribution in [0.1, 0.15) is 63.9 Å². The van der Waals surface area contributed by atoms with E-state index in [2.05, 4.69) is 10.0 Å². The summed E-state index contributed by atoms with van der Waals surface area (Å²) < 4.78 is 39.3. The van der Waals surface area contributed by atoms with Crippen molar-refractivity contribution in [1.29, 1.82) is 0 Å². The van der Waals surface area contributed by atoms with E-state index in [9.17, 15) is 13.2 Å². The second kappa shape index (κ2) is 11.8. The zero-order chi connectivity index (χ0) is 23.1. The van der Waals surface area contributed by atoms with Gasteiger partial charge in [0.2, 0.25) is 10.0 Å². The van der Waals surface area contributed by atoms with Crippen LogP contribution in [-0.2, 0) is 19.6 Å². The van der Waals surface area contributed by atoms with Crippen molar-refractivity contribution >= 4 is 27.9 Å². The Morgan fingerprint density at radius 1 is 1.22 bits per heavy atom. The molecule has 1 aliphatic heterocycles. The molecular formula is C23H35ClN2O5S. The number of nitrogens with one attached hydrogen (secondary N) is 2. The maximum Gasteiger partial charge on any atom is 0.214 e. The minimum absolute atomic E-state index is 0.0220. The molecule has 1 aromatic rings. The van der Waals surface area contributed by atoms with Crippen LogP contribution in [0, 0.1) is 0 Å². The molecular weight excluding hydrogens is 452 g/mol. The molecule has 0 radical (unpaired) electrons. The average molecular weight is 487 g/mol. The van der Waals surface area contributed by atoms with Crippen molar-refractivity contribution in [3.05, 3.63) is 28.8 Å². The predicted molar refractivity (Wildman–Crippen MR) is 126 cm³/mol. The molecule has 180 valence electrons. The molecule has 2 aliphatic rings. The Labute approximate surface area is 196 Å². The summed E-state index contributed by atoms with van der Waals surface area (Å²) in [7, 11) is -3.32. The van der Waals surface area contributed by atoms with Gasteiger partial charge < -0.3 is 14.8 Å². The third-order valence-electron chi connectivity index (χ3n) is 6.42. The summed E-state index contributed by atoms with van der Waals surface area (Å²) in [5, 5.41) is 3.64. The molecule has 2 fully saturated rings. The Morgan fingerprint density at radius 2 is 1.97 bits per heavy atom. The third kappa shape index (κ3) is 6.90. The summed E-state index contributed by atoms with van der Waals surface area (Å²) in [4.78, 5) is 10.7. The first-order chi connectivity index (χ1) is 15.3. The lowest BCUT2D eigenvalue weighted by molar-refractivity contribution is -0.109. The second-order valence-corrected chi connectivity index (χ2v) is 11.7. The number of carbonyl (C=O) groups excluding carboxylic acids is 1. The van der Waals surface area contributed by atoms with Gasteiger partial charge in [-0.25, -0.2) is 13.1 Å². The van der Waals surface area contributed by atoms with Crippen LogP contribution in [0.15, 0.2) is 18.2 Å². The van der Waals surface area contributed by atoms with E-state index < -0.39 is 15.3 Å². The summed E-state index contributed by atoms with van der Waals surface area (Å²) >= 11 is 6.21. The van der Waals surface area contributed by atoms with Gasteiger partial charge in [-0.1, -0.05) is 11.6 Å². The summed E-state index contributed by atoms with van der Waals surface area (Å²) in [6.45, 7) is 4.78. The molecule has 1 heterocycles. The van der Waals surface area contributed by atoms with E-state index in [0.717, 1.165) is 62.7 Å². The largest absolute Gasteiger partial charge is 0.486 e. The number of carbonyl (C=O) groups is 1. The summed E-state index contributed by atoms with van der Waals surface area (Å²) in [5.41, 5.74) is 1.05. The molecule has 32 heavy (non-hydrogen) atoms. The van der Waals surface area contributed by atoms with Crippen LogP contribution in [-0.4, -0.2) is 57.9 Å². The molecule has 9 heteroatoms. The van der Waals surface area contributed by atoms with E-state index >= 15 is 0 Å². The first kappa shape index (κ1) is 25.4. The van der Waals surface area contributed by atoms with Crippen molar-refractivity contribution < 1.29 is 22.7 Å². The molecule has 1 saturated carbocycles. The van der Waals surface area contributed by atoms with Crippen molar-refractivity contribution in [3.8, 4) is 5.75 Å². The van der Waals surface area contributed by atoms with E-state index in [4.69, 9.17) is 21.1 Å². The molecule has 2 N–H and O–H groups in total. The number of halogens is 1. The molecule has 0 unspecified atom stereocenters. The van der Waals surface area contributed by atoms with Gasteiger partial charge >= 0.3 is 0 Å². The van der Waals surface area contributed by atoms with Crippen molar-refractivity contribution in [1.82, 2.24) is 10.0 Å². The fourth-order valence-corrected chi connectivity index (χ4v) is 5.65. The topological polar surface area (TPSA) is 93.7 Å². The number of hydrogen-bond donors (Lipinski definition) is 2. The Bertz CT molecular complexity index is 856. The molecule has 0 bridgehead atoms. The van der Waals surface area contributed by atoms with Gasteiger partial charge in [0.25, 0.3) is 0 Å². The van der Waals surface area contributed by atoms with Crippen LogP contribution < -0.4 is 14.8 Å². The summed E-state index contributed by atoms with van der Waals surface area (Å²) in [6, 6.07) is 5.38. The van der Waals surface area contributed by atoms with E-state index in [-0.39, 0.29) is 24.8 Å². The highest BCUT2D eigenvalue weighted by Crippen LogP contribution is 2.39. The molecule has 0 amide bonds. The van der Waals surface area contributed by atoms with Crippen LogP contribution in [0.2, 0.25) is 5.02 Å². The number of benzene rings is 1. The van der Waals surface area contributed by atoms with Crippen molar-refractivity contribution in [2.45, 2.75) is 81.7 Å². The van der Waals surface area contributed by atoms with Gasteiger partial charge in [-0.2, -0.15) is 0 Å². The number of aldehydes is 1. The molecule has 0 aromatic heterocycles. The molecule has 2 atom stereocenters. The zero-order valence-corrected chi connectivity index (χ0v) is 20.5. The zero-order valence-electron chi connectivity index (χ0n) is 18.9. The molecule has 1 aromatic carbocycles. The van der Waals surface area contributed by atoms with Gasteiger partial charge in [0, 0.05) is 17.1 Å². The van der Waals surface area contributed by atoms with Crippen LogP contribution in [0.3, 0.4) is 0 Å². The van der Waals surface area contributed by atoms with Gasteiger partial charge in [-0.15, -0.1) is 0 Å². The third-order valence-corrected chi connectivity index (χ3v) is 8.53. The van der Waals surface area contributed by atoms with Crippen molar-refractivity contribution in [2.75, 3.05) is 19.8 Å². The Morgan fingerprint density at radius 3 is 2.66 bits per heavy atom. The Hall–Kier alpha value is -1.19. The first-order valence-electron chi connectivity index (χ1n) is 11.5. The van der Waals surface area contributed by atoms with Crippen LogP contribution in [0.5, 0.6) is 5.75 Å². The predicted octanol–water partition coefficient (Wildman–Crippen LogP) is 3.41. The number of ether oxygens (including phenoxy) is 2. The van der Waals surface area contributed by atoms with Crippen molar-refractivity contribution in [2.24, 2.45) is 0 Å². The Balaban J connectivity index is 1.53. The van der Waals surface area contributed by atoms with Gasteiger partial charge in [-0.05, 0) is 88.6 Å². The highest BCUT2D eigenvalue weighted by molar-refractivity contribution is 7.90. The summed E-state index contributed by atoms with van der Waals surface area (Å²) in [6.07, 6.45) is 6.39. The average Bonchev–Trinajstić information content (AvgIpc) is 2.77. The summed E-state index contributed by atoms with van der Waals surface area (Å²) in [5.74, 6) is 1.03. The molecule has 0 spiro atoms. The quantitative estimate of drug-likeness (QED) is 0.492. The molecule has 3 rings (SSSR count). The van der Waals surface area contributed by atoms with Gasteiger partial charge in [0.15, 0.2) is 6.29 Å². The highest BCUT2D eigenvalue weighted by Gasteiger charge is 2.31. The van der Waals surface area contributed by atoms with Crippen LogP contribution in [0.25, 0.3) is 0 Å². The number of hydrogen-bond acceptors (Lipinski definition) is 6. The van der Waals surface area contributed by atoms with Gasteiger partial charge in [0.1, 0.15) is 12.4 Å². The number of piperidine rings is 1. The second-order valence-electron chi connectivity index (χ2n) is 8.99. The maximum absolute atomic E-state index is 12.3. The van der Waals surface area contributed by atoms with Crippen molar-refractivity contribution in [3.63, 3.8) is 0 Å². The minimum atomic E-state index is -3.32. The lowest BCUT2D eigenvalue weighted by atomic mass is 9.82. The lowest BCUT2D eigenvalue weighted by Crippen LogP contribution is -2.56. The molecule has 1 aliphatic carbocycles. The number of sulfonamides is 1. The van der Waals surface area contributed by atoms with Gasteiger partial charge in [0.05, 0.1) is 18.0 Å². The minimum Gasteiger partial charge on any atom is -0.486 e. The standard InChI is InChI=1S/C23H35ClN2O5S/c1-16(2)32(28,29)26-21-4-3-11-25-22(21)15-31-19-8-5-17(6-9-19)20-14-18(24)7-10-23(20)30-13-12-27/h7,10,12,14,16-17,19,21-22,25-26H,3-6,8-9,11,13,15H2,1-2H3/t17-,19+,21-,22-/m0/s1. The smallest absolute Gasteiger partial charge is 0.214 e. The van der Waals surface area contributed by atoms with E-state index in [1.165, 1.54) is 0 Å². The Kier molecular flexibility index (Phi) is 9.37. The lowest BCUT2D eigenvalue weighted by Gasteiger charge is -2.35. The maximum atomic E-state index is 12.3. The molecule has 1 saturated heterocycles. The first-order valence-corrected chi connectivity index (χ1v) is 13.4. The molecule has 7 nitrogen and oxygen atoms in total. The van der Waals surface area contributed by atoms with Crippen LogP contribution >= 0.6 is 11.6 Å². The van der Waals surface area contributed by atoms with Crippen LogP contribution in [0.4, 0.5) is 0 Å². The van der Waals surface area contributed by atoms with Gasteiger partial charge in [-0.3, -0.25) is 4.79 Å². The van der Waals surface area contributed by atoms with E-state index in [1.54, 1.807) is 19.9 Å². The fourth-order valence-electron chi connectivity index (χ4n) is 4.49.